The number of H-pyrrole nitrogens is 1. The highest BCUT2D eigenvalue weighted by Gasteiger charge is 2.44. The molecule has 1 atom stereocenters. The van der Waals surface area contributed by atoms with Gasteiger partial charge in [0.05, 0.1) is 34.1 Å². The number of amides is 1. The normalized spacial score (nSPS) is 18.2. The summed E-state index contributed by atoms with van der Waals surface area (Å²) in [6.07, 6.45) is 1.79. The zero-order valence-electron chi connectivity index (χ0n) is 29.7. The highest BCUT2D eigenvalue weighted by molar-refractivity contribution is 5.98. The Balaban J connectivity index is 1.20. The summed E-state index contributed by atoms with van der Waals surface area (Å²) in [5.74, 6) is -3.09. The molecule has 2 bridgehead atoms. The third-order valence-corrected chi connectivity index (χ3v) is 10.5. The van der Waals surface area contributed by atoms with Crippen LogP contribution in [0.4, 0.5) is 13.2 Å². The second-order valence-corrected chi connectivity index (χ2v) is 14.9. The number of hydrogen-bond acceptors (Lipinski definition) is 6. The maximum absolute atomic E-state index is 14.1. The molecule has 2 N–H and O–H groups in total. The lowest BCUT2D eigenvalue weighted by molar-refractivity contribution is -0.193. The Labute approximate surface area is 296 Å². The van der Waals surface area contributed by atoms with E-state index in [0.717, 1.165) is 69.5 Å². The number of nitrogens with zero attached hydrogens (tertiary/aromatic N) is 2. The van der Waals surface area contributed by atoms with Crippen LogP contribution in [0.3, 0.4) is 0 Å². The topological polar surface area (TPSA) is 104 Å². The number of carbonyl (C=O) groups excluding carboxylic acids is 3. The van der Waals surface area contributed by atoms with Crippen LogP contribution >= 0.6 is 0 Å². The van der Waals surface area contributed by atoms with Gasteiger partial charge in [-0.3, -0.25) is 9.78 Å². The van der Waals surface area contributed by atoms with E-state index >= 15 is 0 Å². The zero-order chi connectivity index (χ0) is 36.7. The Morgan fingerprint density at radius 2 is 1.67 bits per heavy atom. The van der Waals surface area contributed by atoms with Crippen molar-refractivity contribution in [1.82, 2.24) is 20.2 Å². The SMILES string of the molecule is Cc1cc(C)cc(-c2[nH]c3cnc(C(C)(C)C(=O)N4CC5CCC4CC5)cc3c2C(C)CNCCc2ccc(C(=O)OC(=O)C(F)(F)F)cc2)c1. The molecule has 1 saturated carbocycles. The van der Waals surface area contributed by atoms with E-state index in [9.17, 15) is 27.6 Å². The molecule has 2 aromatic carbocycles. The summed E-state index contributed by atoms with van der Waals surface area (Å²) in [7, 11) is 0. The molecular formula is C40H45F3N4O4. The molecule has 1 amide bonds. The van der Waals surface area contributed by atoms with Crippen LogP contribution in [0.15, 0.2) is 54.7 Å². The monoisotopic (exact) mass is 702 g/mol. The summed E-state index contributed by atoms with van der Waals surface area (Å²) in [5, 5.41) is 4.58. The van der Waals surface area contributed by atoms with E-state index in [4.69, 9.17) is 4.98 Å². The Bertz CT molecular complexity index is 1920. The Morgan fingerprint density at radius 1 is 1.00 bits per heavy atom. The van der Waals surface area contributed by atoms with E-state index in [2.05, 4.69) is 65.0 Å². The van der Waals surface area contributed by atoms with Crippen molar-refractivity contribution in [3.63, 3.8) is 0 Å². The summed E-state index contributed by atoms with van der Waals surface area (Å²) < 4.78 is 41.3. The van der Waals surface area contributed by atoms with Gasteiger partial charge in [0.25, 0.3) is 0 Å². The maximum Gasteiger partial charge on any atom is 0.491 e. The number of aryl methyl sites for hydroxylation is 2. The molecule has 7 rings (SSSR count). The van der Waals surface area contributed by atoms with Gasteiger partial charge in [-0.05, 0) is 125 Å². The van der Waals surface area contributed by atoms with Crippen LogP contribution in [0.25, 0.3) is 22.2 Å². The molecule has 0 radical (unpaired) electrons. The second-order valence-electron chi connectivity index (χ2n) is 14.9. The number of halogens is 3. The summed E-state index contributed by atoms with van der Waals surface area (Å²) in [4.78, 5) is 47.7. The fraction of sp³-hybridized carbons (Fsp3) is 0.450. The minimum Gasteiger partial charge on any atom is -0.383 e. The molecule has 1 unspecified atom stereocenters. The number of benzene rings is 2. The number of ether oxygens (including phenoxy) is 1. The number of esters is 2. The molecule has 3 aliphatic rings. The van der Waals surface area contributed by atoms with Crippen molar-refractivity contribution in [2.24, 2.45) is 5.92 Å². The van der Waals surface area contributed by atoms with Gasteiger partial charge in [0, 0.05) is 24.5 Å². The van der Waals surface area contributed by atoms with Crippen molar-refractivity contribution in [2.75, 3.05) is 19.6 Å². The molecular weight excluding hydrogens is 657 g/mol. The molecule has 8 nitrogen and oxygen atoms in total. The van der Waals surface area contributed by atoms with Crippen LogP contribution in [-0.4, -0.2) is 64.6 Å². The summed E-state index contributed by atoms with van der Waals surface area (Å²) >= 11 is 0. The highest BCUT2D eigenvalue weighted by Crippen LogP contribution is 2.40. The number of rotatable bonds is 10. The van der Waals surface area contributed by atoms with Crippen LogP contribution in [0.2, 0.25) is 0 Å². The van der Waals surface area contributed by atoms with Crippen molar-refractivity contribution >= 4 is 28.7 Å². The average molecular weight is 703 g/mol. The Kier molecular flexibility index (Phi) is 10.1. The average Bonchev–Trinajstić information content (AvgIpc) is 3.49. The number of piperidine rings is 2. The molecule has 51 heavy (non-hydrogen) atoms. The van der Waals surface area contributed by atoms with E-state index in [0.29, 0.717) is 31.5 Å². The lowest BCUT2D eigenvalue weighted by atomic mass is 9.77. The molecule has 3 fully saturated rings. The molecule has 2 aromatic heterocycles. The van der Waals surface area contributed by atoms with Crippen molar-refractivity contribution in [3.05, 3.63) is 88.2 Å². The van der Waals surface area contributed by atoms with E-state index in [1.54, 1.807) is 12.1 Å². The number of aromatic amines is 1. The summed E-state index contributed by atoms with van der Waals surface area (Å²) in [5.41, 5.74) is 7.16. The minimum atomic E-state index is -5.24. The van der Waals surface area contributed by atoms with E-state index < -0.39 is 23.5 Å². The molecule has 1 aliphatic carbocycles. The number of alkyl halides is 3. The smallest absolute Gasteiger partial charge is 0.383 e. The fourth-order valence-electron chi connectivity index (χ4n) is 7.76. The molecule has 270 valence electrons. The zero-order valence-corrected chi connectivity index (χ0v) is 29.7. The lowest BCUT2D eigenvalue weighted by Gasteiger charge is -2.47. The van der Waals surface area contributed by atoms with Crippen molar-refractivity contribution in [2.45, 2.75) is 90.3 Å². The second kappa shape index (κ2) is 14.3. The Hall–Kier alpha value is -4.51. The van der Waals surface area contributed by atoms with Gasteiger partial charge in [0.1, 0.15) is 0 Å². The Morgan fingerprint density at radius 3 is 2.27 bits per heavy atom. The first-order valence-electron chi connectivity index (χ1n) is 17.7. The summed E-state index contributed by atoms with van der Waals surface area (Å²) in [6.45, 7) is 12.4. The first-order chi connectivity index (χ1) is 24.1. The first-order valence-corrected chi connectivity index (χ1v) is 17.7. The third-order valence-electron chi connectivity index (χ3n) is 10.5. The maximum atomic E-state index is 14.1. The van der Waals surface area contributed by atoms with Gasteiger partial charge in [-0.15, -0.1) is 0 Å². The van der Waals surface area contributed by atoms with Gasteiger partial charge in [-0.2, -0.15) is 13.2 Å². The number of nitrogens with one attached hydrogen (secondary N) is 2. The first kappa shape index (κ1) is 36.3. The van der Waals surface area contributed by atoms with Crippen molar-refractivity contribution in [1.29, 1.82) is 0 Å². The molecule has 11 heteroatoms. The number of pyridine rings is 1. The number of carbonyl (C=O) groups is 3. The molecule has 2 aliphatic heterocycles. The van der Waals surface area contributed by atoms with Gasteiger partial charge in [-0.1, -0.05) is 36.2 Å². The quantitative estimate of drug-likeness (QED) is 0.0998. The lowest BCUT2D eigenvalue weighted by Crippen LogP contribution is -2.55. The van der Waals surface area contributed by atoms with E-state index in [1.807, 2.05) is 20.0 Å². The highest BCUT2D eigenvalue weighted by atomic mass is 19.4. The number of hydrogen-bond donors (Lipinski definition) is 2. The third kappa shape index (κ3) is 7.73. The molecule has 2 saturated heterocycles. The fourth-order valence-corrected chi connectivity index (χ4v) is 7.76. The van der Waals surface area contributed by atoms with E-state index in [-0.39, 0.29) is 17.4 Å². The standard InChI is InChI=1S/C40H45F3N4O4/c1-23-16-24(2)18-29(17-23)35-34(25(3)20-44-15-14-26-6-10-28(11-7-26)36(48)51-38(50)40(41,42)43)31-19-33(45-21-32(31)46-35)39(4,5)37(49)47-22-27-8-12-30(47)13-9-27/h6-7,10-11,16-19,21,25,27,30,44,46H,8-9,12-15,20,22H2,1-5H3. The molecule has 0 spiro atoms. The van der Waals surface area contributed by atoms with Gasteiger partial charge < -0.3 is 19.9 Å². The number of fused-ring (bicyclic) bond motifs is 4. The largest absolute Gasteiger partial charge is 0.491 e. The van der Waals surface area contributed by atoms with Crippen LogP contribution in [0.1, 0.15) is 90.7 Å². The predicted octanol–water partition coefficient (Wildman–Crippen LogP) is 7.71. The van der Waals surface area contributed by atoms with E-state index in [1.165, 1.54) is 25.0 Å². The van der Waals surface area contributed by atoms with Crippen LogP contribution in [0, 0.1) is 19.8 Å². The van der Waals surface area contributed by atoms with Crippen LogP contribution < -0.4 is 5.32 Å². The van der Waals surface area contributed by atoms with Gasteiger partial charge >= 0.3 is 18.1 Å². The number of aromatic nitrogens is 2. The van der Waals surface area contributed by atoms with Crippen molar-refractivity contribution in [3.8, 4) is 11.3 Å². The minimum absolute atomic E-state index is 0.0600. The van der Waals surface area contributed by atoms with Crippen molar-refractivity contribution < 1.29 is 32.3 Å². The molecule has 4 aromatic rings. The molecule has 4 heterocycles. The van der Waals surface area contributed by atoms with Crippen LogP contribution in [-0.2, 0) is 26.2 Å². The van der Waals surface area contributed by atoms with Crippen LogP contribution in [0.5, 0.6) is 0 Å². The predicted molar refractivity (Wildman–Crippen MR) is 189 cm³/mol. The summed E-state index contributed by atoms with van der Waals surface area (Å²) in [6, 6.07) is 14.9. The van der Waals surface area contributed by atoms with Gasteiger partial charge in [0.2, 0.25) is 5.91 Å². The van der Waals surface area contributed by atoms with Gasteiger partial charge in [0.15, 0.2) is 0 Å². The van der Waals surface area contributed by atoms with Gasteiger partial charge in [-0.25, -0.2) is 9.59 Å².